The Hall–Kier alpha value is -1.73. The van der Waals surface area contributed by atoms with E-state index in [-0.39, 0.29) is 0 Å². The minimum absolute atomic E-state index is 0.837. The Labute approximate surface area is 395 Å². The Kier molecular flexibility index (Phi) is 20.3. The second-order valence-electron chi connectivity index (χ2n) is 17.3. The van der Waals surface area contributed by atoms with E-state index >= 15 is 0 Å². The van der Waals surface area contributed by atoms with Crippen LogP contribution < -0.4 is 0 Å². The first-order chi connectivity index (χ1) is 33.2. The molecular formula is C38H64O32. The molecule has 0 radical (unpaired) electrons. The highest BCUT2D eigenvalue weighted by Crippen LogP contribution is 2.37. The van der Waals surface area contributed by atoms with Crippen molar-refractivity contribution in [3.63, 3.8) is 0 Å². The summed E-state index contributed by atoms with van der Waals surface area (Å²) in [6, 6.07) is 0. The van der Waals surface area contributed by atoms with E-state index < -0.39 is 230 Å². The number of aliphatic hydroxyl groups is 19. The van der Waals surface area contributed by atoms with Crippen molar-refractivity contribution in [3.05, 3.63) is 0 Å². The van der Waals surface area contributed by atoms with Crippen LogP contribution in [0, 0.1) is 0 Å². The van der Waals surface area contributed by atoms with Crippen LogP contribution in [0.25, 0.3) is 0 Å². The van der Waals surface area contributed by atoms with Crippen molar-refractivity contribution in [3.8, 4) is 0 Å². The number of hydrogen-bond donors (Lipinski definition) is 19. The first-order valence-electron chi connectivity index (χ1n) is 22.0. The van der Waals surface area contributed by atoms with Gasteiger partial charge in [-0.05, 0) is 0 Å². The highest BCUT2D eigenvalue weighted by Gasteiger charge is 2.58. The summed E-state index contributed by atoms with van der Waals surface area (Å²) in [5.41, 5.74) is 0. The zero-order valence-corrected chi connectivity index (χ0v) is 36.9. The molecule has 6 heterocycles. The number of rotatable bonds is 17. The molecule has 6 aliphatic heterocycles. The average molecular weight is 1030 g/mol. The topological polar surface area (TPSA) is 512 Å². The van der Waals surface area contributed by atoms with Crippen molar-refractivity contribution >= 4 is 5.97 Å². The van der Waals surface area contributed by atoms with E-state index in [1.807, 2.05) is 0 Å². The summed E-state index contributed by atoms with van der Waals surface area (Å²) in [5.74, 6) is -1.08. The number of carbonyl (C=O) groups is 1. The van der Waals surface area contributed by atoms with Crippen molar-refractivity contribution in [1.29, 1.82) is 0 Å². The molecule has 6 fully saturated rings. The fourth-order valence-electron chi connectivity index (χ4n) is 8.82. The van der Waals surface area contributed by atoms with Crippen LogP contribution in [0.3, 0.4) is 0 Å². The third-order valence-corrected chi connectivity index (χ3v) is 12.7. The van der Waals surface area contributed by atoms with Gasteiger partial charge in [-0.25, -0.2) is 0 Å². The van der Waals surface area contributed by atoms with Crippen LogP contribution in [0.5, 0.6) is 0 Å². The van der Waals surface area contributed by atoms with E-state index in [4.69, 9.17) is 56.8 Å². The highest BCUT2D eigenvalue weighted by molar-refractivity contribution is 5.66. The van der Waals surface area contributed by atoms with Crippen LogP contribution in [0.2, 0.25) is 0 Å². The molecular weight excluding hydrogens is 968 g/mol. The molecule has 1 unspecified atom stereocenters. The lowest BCUT2D eigenvalue weighted by atomic mass is 9.95. The van der Waals surface area contributed by atoms with Crippen LogP contribution in [0.4, 0.5) is 0 Å². The molecule has 6 saturated heterocycles. The molecule has 0 aromatic rings. The van der Waals surface area contributed by atoms with E-state index in [9.17, 15) is 102 Å². The predicted molar refractivity (Wildman–Crippen MR) is 209 cm³/mol. The van der Waals surface area contributed by atoms with Crippen molar-refractivity contribution in [2.24, 2.45) is 0 Å². The minimum atomic E-state index is -2.21. The Bertz CT molecular complexity index is 1610. The first kappa shape index (κ1) is 57.5. The lowest BCUT2D eigenvalue weighted by molar-refractivity contribution is -0.396. The van der Waals surface area contributed by atoms with Crippen LogP contribution in [0.1, 0.15) is 6.92 Å². The SMILES string of the molecule is CC(=O)O[C@@H]1[C@H](O[C@H]2[C@H](O)[C@H](O)[C@H](O[C@H]3[C@H](O)[C@H](O)C(O)O[C@@H]3CO)O[C@@H]2CO)O[C@H](CO)[C@@H](O[C@@H]2O[C@H](CO)[C@@H](O[C@@H]3O[C@H](CO)[C@@H](O[C@@H]4O[C@H](CO)[C@@H](O)[C@H](O)[C@@H]4O)[C@H](O)[C@@H]3O)[C@H](O)[C@@H]2O)[C@@H]1O. The third-order valence-electron chi connectivity index (χ3n) is 12.7. The van der Waals surface area contributed by atoms with Gasteiger partial charge in [0.15, 0.2) is 43.8 Å². The zero-order chi connectivity index (χ0) is 51.6. The van der Waals surface area contributed by atoms with Gasteiger partial charge >= 0.3 is 5.97 Å². The molecule has 70 heavy (non-hydrogen) atoms. The molecule has 0 aromatic heterocycles. The Morgan fingerprint density at radius 1 is 0.314 bits per heavy atom. The van der Waals surface area contributed by atoms with E-state index in [0.717, 1.165) is 6.92 Å². The van der Waals surface area contributed by atoms with Crippen molar-refractivity contribution in [1.82, 2.24) is 0 Å². The van der Waals surface area contributed by atoms with Crippen LogP contribution in [0.15, 0.2) is 0 Å². The average Bonchev–Trinajstić information content (AvgIpc) is 3.34. The van der Waals surface area contributed by atoms with Gasteiger partial charge in [0.1, 0.15) is 140 Å². The van der Waals surface area contributed by atoms with E-state index in [1.54, 1.807) is 0 Å². The number of aliphatic hydroxyl groups excluding tert-OH is 19. The molecule has 6 rings (SSSR count). The molecule has 0 amide bonds. The standard InChI is InChI=1S/C38H64O32/c1-8(45)59-32-26(57)31(14(7-44)65-38(32)70-30-13(6-43)64-35(25(56)20(30)51)66-27-10(3-40)60-33(58)21(52)17(27)48)69-37-24(55)19(50)29(12(5-42)63-37)68-36-23(54)18(49)28(11(4-41)62-36)67-34-22(53)16(47)15(46)9(2-39)61-34/h9-44,46-58H,2-7H2,1H3/t9-,10-,11-,12-,13-,14-,15-,16+,17-,18-,19-,20-,21+,22+,23+,24+,25+,26+,27-,28-,29-,30-,31-,32+,33?,34+,35+,36+,37+,38+/m1/s1. The summed E-state index contributed by atoms with van der Waals surface area (Å²) in [6.07, 6.45) is -56.9. The summed E-state index contributed by atoms with van der Waals surface area (Å²) in [4.78, 5) is 12.3. The first-order valence-corrected chi connectivity index (χ1v) is 22.0. The third kappa shape index (κ3) is 11.9. The van der Waals surface area contributed by atoms with Crippen LogP contribution >= 0.6 is 0 Å². The quantitative estimate of drug-likeness (QED) is 0.0602. The second kappa shape index (κ2) is 24.7. The zero-order valence-electron chi connectivity index (χ0n) is 36.9. The lowest BCUT2D eigenvalue weighted by Gasteiger charge is -2.50. The summed E-state index contributed by atoms with van der Waals surface area (Å²) in [7, 11) is 0. The van der Waals surface area contributed by atoms with Crippen LogP contribution in [-0.2, 0) is 61.6 Å². The van der Waals surface area contributed by atoms with Crippen molar-refractivity contribution < 1.29 is 159 Å². The van der Waals surface area contributed by atoms with Gasteiger partial charge in [-0.3, -0.25) is 4.79 Å². The van der Waals surface area contributed by atoms with Crippen molar-refractivity contribution in [2.45, 2.75) is 191 Å². The molecule has 0 aromatic carbocycles. The summed E-state index contributed by atoms with van der Waals surface area (Å²) in [6.45, 7) is -4.88. The molecule has 0 saturated carbocycles. The Balaban J connectivity index is 1.11. The molecule has 6 aliphatic rings. The molecule has 30 atom stereocenters. The highest BCUT2D eigenvalue weighted by atomic mass is 16.8. The molecule has 32 heteroatoms. The number of hydrogen-bond acceptors (Lipinski definition) is 32. The fourth-order valence-corrected chi connectivity index (χ4v) is 8.82. The fraction of sp³-hybridized carbons (Fsp3) is 0.974. The largest absolute Gasteiger partial charge is 0.454 e. The Morgan fingerprint density at radius 2 is 0.586 bits per heavy atom. The predicted octanol–water partition coefficient (Wildman–Crippen LogP) is -13.5. The monoisotopic (exact) mass is 1030 g/mol. The van der Waals surface area contributed by atoms with Crippen molar-refractivity contribution in [2.75, 3.05) is 39.6 Å². The van der Waals surface area contributed by atoms with Gasteiger partial charge in [0.25, 0.3) is 0 Å². The molecule has 32 nitrogen and oxygen atoms in total. The molecule has 0 aliphatic carbocycles. The van der Waals surface area contributed by atoms with Gasteiger partial charge in [0.2, 0.25) is 0 Å². The molecule has 19 N–H and O–H groups in total. The second-order valence-corrected chi connectivity index (χ2v) is 17.3. The summed E-state index contributed by atoms with van der Waals surface area (Å²) >= 11 is 0. The maximum absolute atomic E-state index is 12.3. The number of ether oxygens (including phenoxy) is 12. The maximum atomic E-state index is 12.3. The van der Waals surface area contributed by atoms with Gasteiger partial charge in [0, 0.05) is 6.92 Å². The number of esters is 1. The maximum Gasteiger partial charge on any atom is 0.303 e. The van der Waals surface area contributed by atoms with Crippen LogP contribution in [-0.4, -0.2) is 327 Å². The lowest BCUT2D eigenvalue weighted by Crippen LogP contribution is -2.68. The summed E-state index contributed by atoms with van der Waals surface area (Å²) < 4.78 is 66.4. The van der Waals surface area contributed by atoms with Gasteiger partial charge in [0.05, 0.1) is 39.6 Å². The summed E-state index contributed by atoms with van der Waals surface area (Å²) in [5, 5.41) is 200. The van der Waals surface area contributed by atoms with Gasteiger partial charge in [-0.15, -0.1) is 0 Å². The molecule has 0 bridgehead atoms. The normalized spacial score (nSPS) is 51.5. The smallest absolute Gasteiger partial charge is 0.303 e. The minimum Gasteiger partial charge on any atom is -0.454 e. The van der Waals surface area contributed by atoms with E-state index in [0.29, 0.717) is 0 Å². The van der Waals surface area contributed by atoms with Gasteiger partial charge < -0.3 is 154 Å². The van der Waals surface area contributed by atoms with Gasteiger partial charge in [-0.1, -0.05) is 0 Å². The van der Waals surface area contributed by atoms with E-state index in [2.05, 4.69) is 0 Å². The molecule has 408 valence electrons. The number of carbonyl (C=O) groups excluding carboxylic acids is 1. The van der Waals surface area contributed by atoms with Gasteiger partial charge in [-0.2, -0.15) is 0 Å². The Morgan fingerprint density at radius 3 is 0.929 bits per heavy atom. The molecule has 0 spiro atoms. The van der Waals surface area contributed by atoms with E-state index in [1.165, 1.54) is 0 Å².